The van der Waals surface area contributed by atoms with Crippen LogP contribution in [0, 0.1) is 11.8 Å². The highest BCUT2D eigenvalue weighted by molar-refractivity contribution is 8.13. The van der Waals surface area contributed by atoms with Gasteiger partial charge in [0.05, 0.1) is 11.5 Å². The van der Waals surface area contributed by atoms with Crippen molar-refractivity contribution in [3.63, 3.8) is 0 Å². The van der Waals surface area contributed by atoms with Crippen molar-refractivity contribution in [3.8, 4) is 0 Å². The summed E-state index contributed by atoms with van der Waals surface area (Å²) in [7, 11) is -2.27. The fourth-order valence-corrected chi connectivity index (χ4v) is 7.17. The lowest BCUT2D eigenvalue weighted by molar-refractivity contribution is 0.0807. The smallest absolute Gasteiger partial charge is 0.410 e. The molecular formula is C28H37ClN2O9S2. The van der Waals surface area contributed by atoms with E-state index in [0.29, 0.717) is 39.0 Å². The standard InChI is InChI=1S/C14H18ClNO4S.C14H19NO5S/c15-21(18,19)11-13-7-4-8-16(9-13)14(17)20-10-12-5-2-1-3-6-12;16-14(20-10-12-5-2-1-3-6-12)15-8-4-7-13(9-15)11-21(17,18)19/h1-3,5-6,13H,4,7-11H2;1-3,5-6,13H,4,7-11H2,(H,17,18,19). The predicted molar refractivity (Wildman–Crippen MR) is 158 cm³/mol. The van der Waals surface area contributed by atoms with Crippen LogP contribution in [0.25, 0.3) is 0 Å². The molecule has 232 valence electrons. The van der Waals surface area contributed by atoms with Crippen molar-refractivity contribution in [1.82, 2.24) is 9.80 Å². The molecule has 4 rings (SSSR count). The van der Waals surface area contributed by atoms with Crippen molar-refractivity contribution in [3.05, 3.63) is 71.8 Å². The monoisotopic (exact) mass is 644 g/mol. The van der Waals surface area contributed by atoms with E-state index in [-0.39, 0.29) is 36.6 Å². The first-order chi connectivity index (χ1) is 19.9. The maximum atomic E-state index is 12.0. The van der Waals surface area contributed by atoms with Gasteiger partial charge in [-0.05, 0) is 48.6 Å². The van der Waals surface area contributed by atoms with Gasteiger partial charge in [0.1, 0.15) is 13.2 Å². The van der Waals surface area contributed by atoms with Crippen LogP contribution in [0.15, 0.2) is 60.7 Å². The molecule has 0 saturated carbocycles. The van der Waals surface area contributed by atoms with Crippen LogP contribution in [0.1, 0.15) is 36.8 Å². The molecule has 2 amide bonds. The van der Waals surface area contributed by atoms with Crippen LogP contribution in [0.3, 0.4) is 0 Å². The number of hydrogen-bond acceptors (Lipinski definition) is 8. The minimum atomic E-state index is -4.01. The average Bonchev–Trinajstić information content (AvgIpc) is 2.94. The molecule has 42 heavy (non-hydrogen) atoms. The number of amides is 2. The van der Waals surface area contributed by atoms with E-state index >= 15 is 0 Å². The number of rotatable bonds is 8. The maximum absolute atomic E-state index is 12.0. The molecule has 2 aromatic rings. The quantitative estimate of drug-likeness (QED) is 0.323. The molecule has 2 aliphatic rings. The first kappa shape index (κ1) is 33.6. The SMILES string of the molecule is O=C(OCc1ccccc1)N1CCCC(CS(=O)(=O)Cl)C1.O=C(OCc1ccccc1)N1CCCC(CS(=O)(=O)O)C1. The fourth-order valence-electron chi connectivity index (χ4n) is 4.93. The molecule has 0 aromatic heterocycles. The molecule has 0 bridgehead atoms. The van der Waals surface area contributed by atoms with Gasteiger partial charge in [-0.2, -0.15) is 8.42 Å². The van der Waals surface area contributed by atoms with Gasteiger partial charge in [0.2, 0.25) is 9.05 Å². The number of carbonyl (C=O) groups is 2. The molecule has 14 heteroatoms. The minimum Gasteiger partial charge on any atom is -0.445 e. The van der Waals surface area contributed by atoms with Crippen LogP contribution >= 0.6 is 10.7 Å². The zero-order chi connectivity index (χ0) is 30.6. The van der Waals surface area contributed by atoms with Gasteiger partial charge < -0.3 is 19.3 Å². The number of carbonyl (C=O) groups excluding carboxylic acids is 2. The summed E-state index contributed by atoms with van der Waals surface area (Å²) in [6, 6.07) is 18.8. The average molecular weight is 645 g/mol. The number of benzene rings is 2. The molecule has 2 aromatic carbocycles. The second-order valence-electron chi connectivity index (χ2n) is 10.4. The molecule has 1 N–H and O–H groups in total. The van der Waals surface area contributed by atoms with E-state index in [1.165, 1.54) is 4.90 Å². The number of ether oxygens (including phenoxy) is 2. The Bertz CT molecular complexity index is 1250. The molecular weight excluding hydrogens is 608 g/mol. The van der Waals surface area contributed by atoms with Crippen molar-refractivity contribution in [2.75, 3.05) is 37.7 Å². The first-order valence-corrected chi connectivity index (χ1v) is 17.8. The Labute approximate surface area is 251 Å². The van der Waals surface area contributed by atoms with E-state index in [1.807, 2.05) is 60.7 Å². The molecule has 2 unspecified atom stereocenters. The molecule has 0 radical (unpaired) electrons. The lowest BCUT2D eigenvalue weighted by atomic mass is 10.0. The van der Waals surface area contributed by atoms with Gasteiger partial charge in [-0.3, -0.25) is 4.55 Å². The number of likely N-dealkylation sites (tertiary alicyclic amines) is 2. The summed E-state index contributed by atoms with van der Waals surface area (Å²) in [4.78, 5) is 27.0. The van der Waals surface area contributed by atoms with Crippen molar-refractivity contribution in [1.29, 1.82) is 0 Å². The lowest BCUT2D eigenvalue weighted by Crippen LogP contribution is -2.42. The van der Waals surface area contributed by atoms with E-state index in [0.717, 1.165) is 24.0 Å². The number of piperidine rings is 2. The Morgan fingerprint density at radius 2 is 1.14 bits per heavy atom. The van der Waals surface area contributed by atoms with Crippen LogP contribution in [-0.2, 0) is 41.9 Å². The normalized spacial score (nSPS) is 19.3. The van der Waals surface area contributed by atoms with Crippen LogP contribution in [0.2, 0.25) is 0 Å². The molecule has 2 fully saturated rings. The molecule has 11 nitrogen and oxygen atoms in total. The number of halogens is 1. The van der Waals surface area contributed by atoms with Gasteiger partial charge in [0.25, 0.3) is 10.1 Å². The zero-order valence-corrected chi connectivity index (χ0v) is 25.6. The van der Waals surface area contributed by atoms with Gasteiger partial charge in [-0.1, -0.05) is 60.7 Å². The Hall–Kier alpha value is -2.87. The molecule has 2 atom stereocenters. The Morgan fingerprint density at radius 3 is 1.52 bits per heavy atom. The highest BCUT2D eigenvalue weighted by atomic mass is 35.7. The number of hydrogen-bond donors (Lipinski definition) is 1. The molecule has 2 aliphatic heterocycles. The summed E-state index contributed by atoms with van der Waals surface area (Å²) in [5.74, 6) is -0.768. The Balaban J connectivity index is 0.000000230. The summed E-state index contributed by atoms with van der Waals surface area (Å²) in [6.45, 7) is 2.23. The third-order valence-electron chi connectivity index (χ3n) is 6.85. The fraction of sp³-hybridized carbons (Fsp3) is 0.500. The van der Waals surface area contributed by atoms with E-state index in [9.17, 15) is 26.4 Å². The summed E-state index contributed by atoms with van der Waals surface area (Å²) in [5, 5.41) is 0. The van der Waals surface area contributed by atoms with Gasteiger partial charge >= 0.3 is 12.2 Å². The summed E-state index contributed by atoms with van der Waals surface area (Å²) in [6.07, 6.45) is 2.06. The second-order valence-corrected chi connectivity index (χ2v) is 14.8. The summed E-state index contributed by atoms with van der Waals surface area (Å²) >= 11 is 0. The highest BCUT2D eigenvalue weighted by Crippen LogP contribution is 2.21. The van der Waals surface area contributed by atoms with Crippen LogP contribution in [0.5, 0.6) is 0 Å². The summed E-state index contributed by atoms with van der Waals surface area (Å²) in [5.41, 5.74) is 1.82. The molecule has 0 spiro atoms. The topological polar surface area (TPSA) is 148 Å². The Kier molecular flexibility index (Phi) is 12.9. The van der Waals surface area contributed by atoms with Crippen LogP contribution in [0.4, 0.5) is 9.59 Å². The van der Waals surface area contributed by atoms with Crippen LogP contribution in [-0.4, -0.2) is 81.1 Å². The van der Waals surface area contributed by atoms with E-state index in [1.54, 1.807) is 4.90 Å². The molecule has 0 aliphatic carbocycles. The van der Waals surface area contributed by atoms with Gasteiger partial charge in [0, 0.05) is 36.9 Å². The third-order valence-corrected chi connectivity index (χ3v) is 8.99. The third kappa shape index (κ3) is 13.0. The van der Waals surface area contributed by atoms with Gasteiger partial charge in [-0.25, -0.2) is 18.0 Å². The van der Waals surface area contributed by atoms with Crippen molar-refractivity contribution >= 4 is 42.0 Å². The lowest BCUT2D eigenvalue weighted by Gasteiger charge is -2.31. The molecule has 2 heterocycles. The van der Waals surface area contributed by atoms with Crippen molar-refractivity contribution in [2.45, 2.75) is 38.9 Å². The second kappa shape index (κ2) is 16.1. The summed E-state index contributed by atoms with van der Waals surface area (Å²) < 4.78 is 63.4. The van der Waals surface area contributed by atoms with E-state index in [2.05, 4.69) is 0 Å². The number of nitrogens with zero attached hydrogens (tertiary/aromatic N) is 2. The first-order valence-electron chi connectivity index (χ1n) is 13.7. The van der Waals surface area contributed by atoms with Gasteiger partial charge in [-0.15, -0.1) is 0 Å². The highest BCUT2D eigenvalue weighted by Gasteiger charge is 2.28. The Morgan fingerprint density at radius 1 is 0.738 bits per heavy atom. The minimum absolute atomic E-state index is 0.100. The van der Waals surface area contributed by atoms with Crippen LogP contribution < -0.4 is 0 Å². The maximum Gasteiger partial charge on any atom is 0.410 e. The van der Waals surface area contributed by atoms with Crippen molar-refractivity contribution < 1.29 is 40.5 Å². The van der Waals surface area contributed by atoms with E-state index < -0.39 is 31.4 Å². The van der Waals surface area contributed by atoms with Crippen molar-refractivity contribution in [2.24, 2.45) is 11.8 Å². The van der Waals surface area contributed by atoms with E-state index in [4.69, 9.17) is 24.7 Å². The van der Waals surface area contributed by atoms with Gasteiger partial charge in [0.15, 0.2) is 0 Å². The molecule has 2 saturated heterocycles. The zero-order valence-electron chi connectivity index (χ0n) is 23.2. The predicted octanol–water partition coefficient (Wildman–Crippen LogP) is 4.53. The largest absolute Gasteiger partial charge is 0.445 e.